The summed E-state index contributed by atoms with van der Waals surface area (Å²) in [5, 5.41) is 8.52. The molecule has 0 fully saturated rings. The van der Waals surface area contributed by atoms with Gasteiger partial charge >= 0.3 is 5.97 Å². The van der Waals surface area contributed by atoms with Gasteiger partial charge in [0.1, 0.15) is 5.54 Å². The molecule has 0 saturated carbocycles. The lowest BCUT2D eigenvalue weighted by atomic mass is 10.0. The average Bonchev–Trinajstić information content (AvgIpc) is 1.86. The first-order chi connectivity index (χ1) is 4.06. The normalized spacial score (nSPS) is 16.8. The van der Waals surface area contributed by atoms with Gasteiger partial charge < -0.3 is 5.11 Å². The van der Waals surface area contributed by atoms with Crippen LogP contribution in [-0.4, -0.2) is 16.6 Å². The van der Waals surface area contributed by atoms with Crippen LogP contribution in [0.2, 0.25) is 0 Å². The molecule has 2 N–H and O–H groups in total. The Morgan fingerprint density at radius 3 is 2.33 bits per heavy atom. The van der Waals surface area contributed by atoms with E-state index in [2.05, 4.69) is 17.5 Å². The molecular weight excluding hydrogens is 138 g/mol. The number of hydrogen-bond acceptors (Lipinski definition) is 3. The van der Waals surface area contributed by atoms with Crippen molar-refractivity contribution in [3.63, 3.8) is 0 Å². The van der Waals surface area contributed by atoms with Crippen LogP contribution < -0.4 is 4.72 Å². The topological polar surface area (TPSA) is 49.3 Å². The number of nitrogens with one attached hydrogen (secondary N) is 1. The zero-order valence-corrected chi connectivity index (χ0v) is 6.40. The molecule has 0 spiro atoms. The molecule has 0 aromatic heterocycles. The molecule has 0 aromatic carbocycles. The van der Waals surface area contributed by atoms with Crippen LogP contribution in [0.3, 0.4) is 0 Å². The number of aliphatic carboxylic acids is 1. The molecule has 0 bridgehead atoms. The van der Waals surface area contributed by atoms with E-state index >= 15 is 0 Å². The van der Waals surface area contributed by atoms with Gasteiger partial charge in [0.15, 0.2) is 0 Å². The molecule has 0 saturated heterocycles. The maximum Gasteiger partial charge on any atom is 0.324 e. The lowest BCUT2D eigenvalue weighted by Gasteiger charge is -2.20. The van der Waals surface area contributed by atoms with Gasteiger partial charge in [-0.05, 0) is 13.3 Å². The second kappa shape index (κ2) is 3.08. The molecule has 0 aliphatic rings. The van der Waals surface area contributed by atoms with Crippen molar-refractivity contribution < 1.29 is 9.90 Å². The summed E-state index contributed by atoms with van der Waals surface area (Å²) in [6.07, 6.45) is 0.520. The summed E-state index contributed by atoms with van der Waals surface area (Å²) in [6.45, 7) is 3.37. The third-order valence-electron chi connectivity index (χ3n) is 1.43. The second-order valence-corrected chi connectivity index (χ2v) is 2.33. The van der Waals surface area contributed by atoms with E-state index in [1.54, 1.807) is 13.8 Å². The molecule has 4 heteroatoms. The van der Waals surface area contributed by atoms with E-state index in [4.69, 9.17) is 5.11 Å². The summed E-state index contributed by atoms with van der Waals surface area (Å²) < 4.78 is 2.42. The van der Waals surface area contributed by atoms with Crippen molar-refractivity contribution in [2.24, 2.45) is 0 Å². The predicted molar refractivity (Wildman–Crippen MR) is 38.5 cm³/mol. The Labute approximate surface area is 60.0 Å². The second-order valence-electron chi connectivity index (χ2n) is 2.10. The SMILES string of the molecule is CC[C@](C)(NS)C(=O)O. The number of carboxylic acid groups (broad SMARTS) is 1. The first-order valence-corrected chi connectivity index (χ1v) is 3.16. The Balaban J connectivity index is 4.09. The van der Waals surface area contributed by atoms with Crippen molar-refractivity contribution in [3.8, 4) is 0 Å². The molecule has 0 aromatic rings. The number of hydrogen-bond donors (Lipinski definition) is 3. The first kappa shape index (κ1) is 8.78. The summed E-state index contributed by atoms with van der Waals surface area (Å²) in [6, 6.07) is 0. The van der Waals surface area contributed by atoms with Crippen LogP contribution in [0.5, 0.6) is 0 Å². The van der Waals surface area contributed by atoms with Gasteiger partial charge in [0, 0.05) is 0 Å². The summed E-state index contributed by atoms with van der Waals surface area (Å²) in [5.41, 5.74) is -0.886. The fraction of sp³-hybridized carbons (Fsp3) is 0.800. The van der Waals surface area contributed by atoms with Crippen molar-refractivity contribution >= 4 is 18.8 Å². The molecule has 0 aliphatic carbocycles. The van der Waals surface area contributed by atoms with Crippen LogP contribution in [0.1, 0.15) is 20.3 Å². The third kappa shape index (κ3) is 1.87. The molecule has 0 radical (unpaired) electrons. The van der Waals surface area contributed by atoms with Crippen molar-refractivity contribution in [3.05, 3.63) is 0 Å². The average molecular weight is 149 g/mol. The Morgan fingerprint density at radius 1 is 1.89 bits per heavy atom. The summed E-state index contributed by atoms with van der Waals surface area (Å²) in [5.74, 6) is -0.875. The minimum absolute atomic E-state index is 0.520. The Kier molecular flexibility index (Phi) is 3.00. The molecule has 9 heavy (non-hydrogen) atoms. The van der Waals surface area contributed by atoms with Gasteiger partial charge in [0.25, 0.3) is 0 Å². The lowest BCUT2D eigenvalue weighted by molar-refractivity contribution is -0.143. The molecule has 54 valence electrons. The molecule has 1 atom stereocenters. The molecule has 0 unspecified atom stereocenters. The highest BCUT2D eigenvalue weighted by Crippen LogP contribution is 2.08. The van der Waals surface area contributed by atoms with E-state index in [0.29, 0.717) is 6.42 Å². The van der Waals surface area contributed by atoms with Gasteiger partial charge in [-0.15, -0.1) is 0 Å². The van der Waals surface area contributed by atoms with Crippen LogP contribution >= 0.6 is 12.8 Å². The van der Waals surface area contributed by atoms with Crippen molar-refractivity contribution in [1.29, 1.82) is 0 Å². The zero-order valence-electron chi connectivity index (χ0n) is 5.51. The number of carbonyl (C=O) groups is 1. The van der Waals surface area contributed by atoms with E-state index in [0.717, 1.165) is 0 Å². The van der Waals surface area contributed by atoms with Crippen LogP contribution in [0, 0.1) is 0 Å². The number of thiol groups is 1. The molecule has 0 rings (SSSR count). The first-order valence-electron chi connectivity index (χ1n) is 2.71. The van der Waals surface area contributed by atoms with E-state index in [1.165, 1.54) is 0 Å². The quantitative estimate of drug-likeness (QED) is 0.517. The lowest BCUT2D eigenvalue weighted by Crippen LogP contribution is -2.44. The van der Waals surface area contributed by atoms with Gasteiger partial charge in [-0.2, -0.15) is 0 Å². The summed E-state index contributed by atoms with van der Waals surface area (Å²) in [4.78, 5) is 10.4. The smallest absolute Gasteiger partial charge is 0.324 e. The maximum absolute atomic E-state index is 10.4. The van der Waals surface area contributed by atoms with E-state index < -0.39 is 11.5 Å². The Morgan fingerprint density at radius 2 is 2.33 bits per heavy atom. The number of carboxylic acids is 1. The molecule has 0 amide bonds. The minimum atomic E-state index is -0.886. The predicted octanol–water partition coefficient (Wildman–Crippen LogP) is 0.674. The highest BCUT2D eigenvalue weighted by molar-refractivity contribution is 7.78. The van der Waals surface area contributed by atoms with E-state index in [9.17, 15) is 4.79 Å². The fourth-order valence-corrected chi connectivity index (χ4v) is 0.532. The van der Waals surface area contributed by atoms with Crippen LogP contribution in [0.15, 0.2) is 0 Å². The molecule has 0 heterocycles. The maximum atomic E-state index is 10.4. The monoisotopic (exact) mass is 149 g/mol. The van der Waals surface area contributed by atoms with Gasteiger partial charge in [-0.25, -0.2) is 0 Å². The minimum Gasteiger partial charge on any atom is -0.480 e. The molecule has 3 nitrogen and oxygen atoms in total. The van der Waals surface area contributed by atoms with Crippen LogP contribution in [-0.2, 0) is 4.79 Å². The van der Waals surface area contributed by atoms with E-state index in [1.807, 2.05) is 0 Å². The van der Waals surface area contributed by atoms with E-state index in [-0.39, 0.29) is 0 Å². The van der Waals surface area contributed by atoms with Gasteiger partial charge in [0.2, 0.25) is 0 Å². The molecule has 0 aliphatic heterocycles. The summed E-state index contributed by atoms with van der Waals surface area (Å²) >= 11 is 3.69. The summed E-state index contributed by atoms with van der Waals surface area (Å²) in [7, 11) is 0. The fourth-order valence-electron chi connectivity index (χ4n) is 0.278. The van der Waals surface area contributed by atoms with Crippen molar-refractivity contribution in [2.45, 2.75) is 25.8 Å². The van der Waals surface area contributed by atoms with Crippen molar-refractivity contribution in [2.75, 3.05) is 0 Å². The molecular formula is C5H11NO2S. The zero-order chi connectivity index (χ0) is 7.49. The highest BCUT2D eigenvalue weighted by atomic mass is 32.1. The number of rotatable bonds is 3. The van der Waals surface area contributed by atoms with Gasteiger partial charge in [0.05, 0.1) is 0 Å². The van der Waals surface area contributed by atoms with Crippen molar-refractivity contribution in [1.82, 2.24) is 4.72 Å². The van der Waals surface area contributed by atoms with Gasteiger partial charge in [-0.3, -0.25) is 9.52 Å². The third-order valence-corrected chi connectivity index (χ3v) is 1.92. The van der Waals surface area contributed by atoms with Gasteiger partial charge in [-0.1, -0.05) is 19.7 Å². The Bertz CT molecular complexity index is 112. The van der Waals surface area contributed by atoms with Crippen LogP contribution in [0.25, 0.3) is 0 Å². The highest BCUT2D eigenvalue weighted by Gasteiger charge is 2.28. The van der Waals surface area contributed by atoms with Crippen LogP contribution in [0.4, 0.5) is 0 Å². The Hall–Kier alpha value is -0.220. The standard InChI is InChI=1S/C5H11NO2S/c1-3-5(2,6-9)4(7)8/h6,9H,3H2,1-2H3,(H,7,8)/t5-/m0/s1. The largest absolute Gasteiger partial charge is 0.480 e.